The maximum absolute atomic E-state index is 14.3. The van der Waals surface area contributed by atoms with Crippen LogP contribution >= 0.6 is 0 Å². The highest BCUT2D eigenvalue weighted by Crippen LogP contribution is 2.24. The fourth-order valence-electron chi connectivity index (χ4n) is 2.83. The highest BCUT2D eigenvalue weighted by molar-refractivity contribution is 5.83. The Morgan fingerprint density at radius 2 is 1.88 bits per heavy atom. The van der Waals surface area contributed by atoms with Crippen LogP contribution in [0.5, 0.6) is 0 Å². The first-order valence-electron chi connectivity index (χ1n) is 7.20. The van der Waals surface area contributed by atoms with E-state index in [4.69, 9.17) is 5.11 Å². The summed E-state index contributed by atoms with van der Waals surface area (Å²) < 4.78 is 29.3. The quantitative estimate of drug-likeness (QED) is 0.803. The molecule has 0 spiro atoms. The lowest BCUT2D eigenvalue weighted by atomic mass is 10.0. The van der Waals surface area contributed by atoms with Crippen molar-refractivity contribution in [2.45, 2.75) is 13.3 Å². The van der Waals surface area contributed by atoms with Gasteiger partial charge in [0.15, 0.2) is 5.43 Å². The van der Waals surface area contributed by atoms with Crippen molar-refractivity contribution >= 4 is 16.9 Å². The summed E-state index contributed by atoms with van der Waals surface area (Å²) in [7, 11) is 0. The molecular weight excluding hydrogens is 316 g/mol. The minimum absolute atomic E-state index is 0.00357. The summed E-state index contributed by atoms with van der Waals surface area (Å²) in [4.78, 5) is 23.7. The highest BCUT2D eigenvalue weighted by Gasteiger charge is 2.19. The Morgan fingerprint density at radius 1 is 1.17 bits per heavy atom. The standard InChI is InChI=1S/C18H13F2NO3/c1-10-12(9-17(22)23)18(24)13-8-11(19)6-7-15(13)21(10)16-5-3-2-4-14(16)20/h2-8H,9H2,1H3,(H,22,23). The van der Waals surface area contributed by atoms with Gasteiger partial charge in [-0.3, -0.25) is 9.59 Å². The van der Waals surface area contributed by atoms with E-state index in [1.165, 1.54) is 34.9 Å². The van der Waals surface area contributed by atoms with Crippen LogP contribution in [0.15, 0.2) is 47.3 Å². The number of rotatable bonds is 3. The summed E-state index contributed by atoms with van der Waals surface area (Å²) in [6.45, 7) is 1.55. The Labute approximate surface area is 135 Å². The molecule has 3 aromatic rings. The van der Waals surface area contributed by atoms with Gasteiger partial charge in [0.05, 0.1) is 17.6 Å². The smallest absolute Gasteiger partial charge is 0.308 e. The molecule has 1 aromatic heterocycles. The fourth-order valence-corrected chi connectivity index (χ4v) is 2.83. The van der Waals surface area contributed by atoms with Crippen LogP contribution in [0, 0.1) is 18.6 Å². The lowest BCUT2D eigenvalue weighted by Gasteiger charge is -2.18. The topological polar surface area (TPSA) is 59.3 Å². The number of carboxylic acid groups (broad SMARTS) is 1. The van der Waals surface area contributed by atoms with Gasteiger partial charge in [0.1, 0.15) is 11.6 Å². The number of aromatic nitrogens is 1. The number of carboxylic acids is 1. The van der Waals surface area contributed by atoms with Crippen LogP contribution in [-0.2, 0) is 11.2 Å². The van der Waals surface area contributed by atoms with Gasteiger partial charge in [-0.25, -0.2) is 8.78 Å². The maximum atomic E-state index is 14.3. The van der Waals surface area contributed by atoms with Gasteiger partial charge in [-0.05, 0) is 37.3 Å². The van der Waals surface area contributed by atoms with E-state index in [9.17, 15) is 18.4 Å². The largest absolute Gasteiger partial charge is 0.481 e. The zero-order valence-electron chi connectivity index (χ0n) is 12.7. The van der Waals surface area contributed by atoms with E-state index in [-0.39, 0.29) is 16.6 Å². The first-order valence-corrected chi connectivity index (χ1v) is 7.20. The number of pyridine rings is 1. The molecule has 0 aliphatic rings. The number of aliphatic carboxylic acids is 1. The van der Waals surface area contributed by atoms with Gasteiger partial charge in [0, 0.05) is 16.6 Å². The molecule has 0 radical (unpaired) electrons. The highest BCUT2D eigenvalue weighted by atomic mass is 19.1. The summed E-state index contributed by atoms with van der Waals surface area (Å²) in [6, 6.07) is 9.53. The Morgan fingerprint density at radius 3 is 2.54 bits per heavy atom. The van der Waals surface area contributed by atoms with Gasteiger partial charge < -0.3 is 9.67 Å². The zero-order valence-corrected chi connectivity index (χ0v) is 12.7. The molecule has 4 nitrogen and oxygen atoms in total. The Balaban J connectivity index is 2.50. The van der Waals surface area contributed by atoms with E-state index < -0.39 is 29.5 Å². The van der Waals surface area contributed by atoms with Crippen LogP contribution in [0.25, 0.3) is 16.6 Å². The van der Waals surface area contributed by atoms with Crippen molar-refractivity contribution in [3.63, 3.8) is 0 Å². The number of para-hydroxylation sites is 1. The van der Waals surface area contributed by atoms with E-state index in [1.807, 2.05) is 0 Å². The average Bonchev–Trinajstić information content (AvgIpc) is 2.53. The number of benzene rings is 2. The first kappa shape index (κ1) is 15.9. The molecule has 122 valence electrons. The molecule has 0 aliphatic heterocycles. The van der Waals surface area contributed by atoms with Crippen molar-refractivity contribution in [1.82, 2.24) is 4.57 Å². The molecule has 1 N–H and O–H groups in total. The van der Waals surface area contributed by atoms with E-state index in [0.717, 1.165) is 6.07 Å². The molecule has 0 atom stereocenters. The summed E-state index contributed by atoms with van der Waals surface area (Å²) in [5.41, 5.74) is 0.240. The number of hydrogen-bond donors (Lipinski definition) is 1. The van der Waals surface area contributed by atoms with Crippen LogP contribution in [0.4, 0.5) is 8.78 Å². The molecule has 0 aliphatic carbocycles. The van der Waals surface area contributed by atoms with Gasteiger partial charge in [-0.15, -0.1) is 0 Å². The van der Waals surface area contributed by atoms with E-state index in [0.29, 0.717) is 11.2 Å². The maximum Gasteiger partial charge on any atom is 0.308 e. The Kier molecular flexibility index (Phi) is 3.89. The van der Waals surface area contributed by atoms with E-state index in [1.54, 1.807) is 13.0 Å². The van der Waals surface area contributed by atoms with Gasteiger partial charge in [-0.1, -0.05) is 12.1 Å². The molecule has 24 heavy (non-hydrogen) atoms. The molecule has 0 bridgehead atoms. The van der Waals surface area contributed by atoms with Crippen LogP contribution in [0.1, 0.15) is 11.3 Å². The minimum atomic E-state index is -1.19. The number of halogens is 2. The molecule has 0 saturated carbocycles. The fraction of sp³-hybridized carbons (Fsp3) is 0.111. The number of carbonyl (C=O) groups is 1. The second-order valence-corrected chi connectivity index (χ2v) is 5.41. The average molecular weight is 329 g/mol. The van der Waals surface area contributed by atoms with Crippen LogP contribution in [0.2, 0.25) is 0 Å². The molecule has 0 saturated heterocycles. The van der Waals surface area contributed by atoms with Crippen molar-refractivity contribution in [1.29, 1.82) is 0 Å². The minimum Gasteiger partial charge on any atom is -0.481 e. The molecule has 0 fully saturated rings. The molecule has 3 rings (SSSR count). The molecule has 6 heteroatoms. The van der Waals surface area contributed by atoms with Crippen molar-refractivity contribution < 1.29 is 18.7 Å². The monoisotopic (exact) mass is 329 g/mol. The second kappa shape index (κ2) is 5.88. The third-order valence-corrected chi connectivity index (χ3v) is 3.91. The molecule has 1 heterocycles. The SMILES string of the molecule is Cc1c(CC(=O)O)c(=O)c2cc(F)ccc2n1-c1ccccc1F. The van der Waals surface area contributed by atoms with E-state index >= 15 is 0 Å². The van der Waals surface area contributed by atoms with Crippen molar-refractivity contribution in [2.75, 3.05) is 0 Å². The normalized spacial score (nSPS) is 11.0. The van der Waals surface area contributed by atoms with Crippen molar-refractivity contribution in [3.8, 4) is 5.69 Å². The van der Waals surface area contributed by atoms with Gasteiger partial charge in [0.25, 0.3) is 0 Å². The number of hydrogen-bond acceptors (Lipinski definition) is 2. The Bertz CT molecular complexity index is 1020. The first-order chi connectivity index (χ1) is 11.4. The molecule has 0 unspecified atom stereocenters. The lowest BCUT2D eigenvalue weighted by Crippen LogP contribution is -2.21. The predicted molar refractivity (Wildman–Crippen MR) is 85.5 cm³/mol. The summed E-state index contributed by atoms with van der Waals surface area (Å²) in [5, 5.41) is 9.08. The molecule has 2 aromatic carbocycles. The van der Waals surface area contributed by atoms with Crippen LogP contribution < -0.4 is 5.43 Å². The van der Waals surface area contributed by atoms with Crippen molar-refractivity contribution in [3.05, 3.63) is 75.6 Å². The third kappa shape index (κ3) is 2.56. The summed E-state index contributed by atoms with van der Waals surface area (Å²) in [6.07, 6.45) is -0.522. The summed E-state index contributed by atoms with van der Waals surface area (Å²) in [5.74, 6) is -2.34. The second-order valence-electron chi connectivity index (χ2n) is 5.41. The summed E-state index contributed by atoms with van der Waals surface area (Å²) >= 11 is 0. The number of fused-ring (bicyclic) bond motifs is 1. The molecular formula is C18H13F2NO3. The zero-order chi connectivity index (χ0) is 17.4. The van der Waals surface area contributed by atoms with Crippen molar-refractivity contribution in [2.24, 2.45) is 0 Å². The van der Waals surface area contributed by atoms with Gasteiger partial charge in [0.2, 0.25) is 0 Å². The third-order valence-electron chi connectivity index (χ3n) is 3.91. The lowest BCUT2D eigenvalue weighted by molar-refractivity contribution is -0.136. The Hall–Kier alpha value is -3.02. The predicted octanol–water partition coefficient (Wildman–Crippen LogP) is 3.20. The number of nitrogens with zero attached hydrogens (tertiary/aromatic N) is 1. The van der Waals surface area contributed by atoms with Crippen LogP contribution in [0.3, 0.4) is 0 Å². The van der Waals surface area contributed by atoms with Crippen LogP contribution in [-0.4, -0.2) is 15.6 Å². The molecule has 0 amide bonds. The van der Waals surface area contributed by atoms with E-state index in [2.05, 4.69) is 0 Å². The van der Waals surface area contributed by atoms with Gasteiger partial charge in [-0.2, -0.15) is 0 Å². The van der Waals surface area contributed by atoms with Gasteiger partial charge >= 0.3 is 5.97 Å².